The van der Waals surface area contributed by atoms with Gasteiger partial charge in [-0.25, -0.2) is 0 Å². The number of hydrogen-bond acceptors (Lipinski definition) is 4. The Labute approximate surface area is 397 Å². The molecule has 1 aliphatic rings. The van der Waals surface area contributed by atoms with Gasteiger partial charge in [0.05, 0.1) is 0 Å². The van der Waals surface area contributed by atoms with Crippen molar-refractivity contribution in [1.29, 1.82) is 0 Å². The maximum Gasteiger partial charge on any atom is 0.128 e. The second-order valence-corrected chi connectivity index (χ2v) is 20.0. The van der Waals surface area contributed by atoms with Crippen LogP contribution in [0.15, 0.2) is 156 Å². The van der Waals surface area contributed by atoms with Gasteiger partial charge >= 0.3 is 0 Å². The Balaban J connectivity index is 1.11. The van der Waals surface area contributed by atoms with Gasteiger partial charge in [0, 0.05) is 20.9 Å². The molecule has 11 rings (SSSR count). The van der Waals surface area contributed by atoms with Gasteiger partial charge in [-0.2, -0.15) is 0 Å². The smallest absolute Gasteiger partial charge is 0.128 e. The van der Waals surface area contributed by atoms with E-state index in [-0.39, 0.29) is 0 Å². The molecule has 0 unspecified atom stereocenters. The van der Waals surface area contributed by atoms with E-state index in [1.165, 1.54) is 127 Å². The van der Waals surface area contributed by atoms with Gasteiger partial charge in [-0.15, -0.1) is 22.7 Å². The van der Waals surface area contributed by atoms with E-state index in [0.717, 1.165) is 57.4 Å². The summed E-state index contributed by atoms with van der Waals surface area (Å²) in [5.74, 6) is 1.71. The van der Waals surface area contributed by atoms with Crippen LogP contribution in [0.1, 0.15) is 87.5 Å². The number of ether oxygens (including phenoxy) is 2. The number of thiophene rings is 2. The summed E-state index contributed by atoms with van der Waals surface area (Å²) in [7, 11) is 0. The molecule has 0 aliphatic carbocycles. The Morgan fingerprint density at radius 1 is 0.394 bits per heavy atom. The lowest BCUT2D eigenvalue weighted by Gasteiger charge is -2.24. The second-order valence-electron chi connectivity index (χ2n) is 18.1. The van der Waals surface area contributed by atoms with Gasteiger partial charge in [0.2, 0.25) is 0 Å². The van der Waals surface area contributed by atoms with Crippen molar-refractivity contribution in [1.82, 2.24) is 0 Å². The predicted molar refractivity (Wildman–Crippen MR) is 285 cm³/mol. The van der Waals surface area contributed by atoms with Crippen LogP contribution in [-0.4, -0.2) is 0 Å². The highest BCUT2D eigenvalue weighted by molar-refractivity contribution is 7.14. The van der Waals surface area contributed by atoms with Crippen LogP contribution < -0.4 is 9.47 Å². The molecule has 3 heterocycles. The molecule has 0 N–H and O–H groups in total. The van der Waals surface area contributed by atoms with Crippen molar-refractivity contribution in [2.75, 3.05) is 0 Å². The highest BCUT2D eigenvalue weighted by Crippen LogP contribution is 2.49. The van der Waals surface area contributed by atoms with Crippen LogP contribution in [0.4, 0.5) is 0 Å². The fraction of sp³-hybridized carbons (Fsp3) is 0.226. The lowest BCUT2D eigenvalue weighted by Crippen LogP contribution is -2.06. The Morgan fingerprint density at radius 3 is 1.30 bits per heavy atom. The van der Waals surface area contributed by atoms with Gasteiger partial charge in [0.15, 0.2) is 0 Å². The summed E-state index contributed by atoms with van der Waals surface area (Å²) in [5.41, 5.74) is 12.4. The average molecular weight is 897 g/mol. The molecule has 0 bridgehead atoms. The predicted octanol–water partition coefficient (Wildman–Crippen LogP) is 18.8. The first kappa shape index (κ1) is 42.4. The summed E-state index contributed by atoms with van der Waals surface area (Å²) in [5, 5.41) is 14.1. The molecule has 0 atom stereocenters. The van der Waals surface area contributed by atoms with E-state index < -0.39 is 0 Å². The molecule has 0 saturated carbocycles. The van der Waals surface area contributed by atoms with Gasteiger partial charge in [0.1, 0.15) is 24.7 Å². The van der Waals surface area contributed by atoms with Crippen molar-refractivity contribution in [3.8, 4) is 54.6 Å². The molecule has 1 aliphatic heterocycles. The third kappa shape index (κ3) is 8.09. The van der Waals surface area contributed by atoms with Crippen molar-refractivity contribution >= 4 is 65.8 Å². The molecule has 10 aromatic rings. The van der Waals surface area contributed by atoms with Crippen molar-refractivity contribution in [2.24, 2.45) is 0 Å². The standard InChI is InChI=1S/C62H56O2S2/c1-3-5-7-9-17-43-33-35-65-61(43)47-25-29-53-45(37-47)27-31-55-59(53)60-54-30-26-48(62-44(34-36-66-62)18-10-8-6-4-2)38-46(54)28-32-56(60)64-40-50-24-22-42-16-12-14-20-52(42)58(50)57-49(39-63-55)23-21-41-15-11-13-19-51(41)57/h11-16,19-38H,3-10,17-18,39-40H2,1-2H3. The molecule has 0 spiro atoms. The van der Waals surface area contributed by atoms with Crippen LogP contribution in [-0.2, 0) is 26.1 Å². The Morgan fingerprint density at radius 2 is 0.833 bits per heavy atom. The Kier molecular flexibility index (Phi) is 12.2. The minimum Gasteiger partial charge on any atom is -0.488 e. The molecule has 2 nitrogen and oxygen atoms in total. The molecule has 66 heavy (non-hydrogen) atoms. The topological polar surface area (TPSA) is 18.5 Å². The van der Waals surface area contributed by atoms with Gasteiger partial charge in [-0.1, -0.05) is 162 Å². The van der Waals surface area contributed by atoms with Gasteiger partial charge < -0.3 is 9.47 Å². The Bertz CT molecular complexity index is 3140. The number of rotatable bonds is 12. The quantitative estimate of drug-likeness (QED) is 0.114. The van der Waals surface area contributed by atoms with E-state index in [4.69, 9.17) is 9.47 Å². The molecule has 4 heteroatoms. The number of hydrogen-bond donors (Lipinski definition) is 0. The maximum atomic E-state index is 7.26. The summed E-state index contributed by atoms with van der Waals surface area (Å²) in [6, 6.07) is 54.4. The van der Waals surface area contributed by atoms with Crippen LogP contribution in [0.2, 0.25) is 0 Å². The molecule has 8 aromatic carbocycles. The molecule has 0 saturated heterocycles. The van der Waals surface area contributed by atoms with E-state index in [0.29, 0.717) is 13.2 Å². The van der Waals surface area contributed by atoms with E-state index >= 15 is 0 Å². The molecule has 0 amide bonds. The first-order chi connectivity index (χ1) is 32.7. The van der Waals surface area contributed by atoms with E-state index in [9.17, 15) is 0 Å². The summed E-state index contributed by atoms with van der Waals surface area (Å²) in [4.78, 5) is 2.76. The molecule has 328 valence electrons. The van der Waals surface area contributed by atoms with Gasteiger partial charge in [-0.05, 0) is 160 Å². The zero-order valence-corrected chi connectivity index (χ0v) is 39.8. The first-order valence-electron chi connectivity index (χ1n) is 24.2. The molecule has 2 aromatic heterocycles. The summed E-state index contributed by atoms with van der Waals surface area (Å²) < 4.78 is 14.5. The largest absolute Gasteiger partial charge is 0.488 e. The molecular formula is C62H56O2S2. The minimum absolute atomic E-state index is 0.417. The summed E-state index contributed by atoms with van der Waals surface area (Å²) in [6.07, 6.45) is 12.4. The zero-order valence-electron chi connectivity index (χ0n) is 38.1. The van der Waals surface area contributed by atoms with E-state index in [2.05, 4.69) is 170 Å². The van der Waals surface area contributed by atoms with E-state index in [1.54, 1.807) is 0 Å². The monoisotopic (exact) mass is 896 g/mol. The zero-order chi connectivity index (χ0) is 44.4. The van der Waals surface area contributed by atoms with Crippen molar-refractivity contribution < 1.29 is 9.47 Å². The van der Waals surface area contributed by atoms with Crippen molar-refractivity contribution in [3.05, 3.63) is 179 Å². The third-order valence-corrected chi connectivity index (χ3v) is 15.9. The lowest BCUT2D eigenvalue weighted by atomic mass is 9.87. The molecular weight excluding hydrogens is 841 g/mol. The van der Waals surface area contributed by atoms with Crippen LogP contribution in [0.3, 0.4) is 0 Å². The molecule has 0 radical (unpaired) electrons. The fourth-order valence-corrected chi connectivity index (χ4v) is 12.4. The average Bonchev–Trinajstić information content (AvgIpc) is 4.04. The number of unbranched alkanes of at least 4 members (excludes halogenated alkanes) is 6. The Hall–Kier alpha value is -6.20. The second kappa shape index (κ2) is 19.0. The van der Waals surface area contributed by atoms with Crippen molar-refractivity contribution in [2.45, 2.75) is 91.3 Å². The number of aryl methyl sites for hydroxylation is 2. The third-order valence-electron chi connectivity index (χ3n) is 13.9. The SMILES string of the molecule is CCCCCCc1ccsc1-c1ccc2c3c(ccc2c1)OCc1ccc2ccccc2c1-c1c(ccc2ccccc12)COc1ccc2cc(-c4sccc4CCCCCC)ccc2c1-3. The first-order valence-corrected chi connectivity index (χ1v) is 26.0. The van der Waals surface area contributed by atoms with Crippen LogP contribution in [0.25, 0.3) is 86.2 Å². The maximum absolute atomic E-state index is 7.26. The van der Waals surface area contributed by atoms with Gasteiger partial charge in [0.25, 0.3) is 0 Å². The van der Waals surface area contributed by atoms with Crippen LogP contribution in [0.5, 0.6) is 11.5 Å². The highest BCUT2D eigenvalue weighted by Gasteiger charge is 2.24. The fourth-order valence-electron chi connectivity index (χ4n) is 10.5. The summed E-state index contributed by atoms with van der Waals surface area (Å²) in [6.45, 7) is 5.40. The lowest BCUT2D eigenvalue weighted by molar-refractivity contribution is 0.302. The normalized spacial score (nSPS) is 12.5. The van der Waals surface area contributed by atoms with E-state index in [1.807, 2.05) is 22.7 Å². The molecule has 0 fully saturated rings. The highest BCUT2D eigenvalue weighted by atomic mass is 32.1. The van der Waals surface area contributed by atoms with Crippen molar-refractivity contribution in [3.63, 3.8) is 0 Å². The van der Waals surface area contributed by atoms with Crippen LogP contribution in [0, 0.1) is 0 Å². The summed E-state index contributed by atoms with van der Waals surface area (Å²) >= 11 is 3.72. The van der Waals surface area contributed by atoms with Gasteiger partial charge in [-0.3, -0.25) is 0 Å². The number of fused-ring (bicyclic) bond motifs is 14. The minimum atomic E-state index is 0.417. The number of benzene rings is 8. The van der Waals surface area contributed by atoms with Crippen LogP contribution >= 0.6 is 22.7 Å².